The Morgan fingerprint density at radius 2 is 1.70 bits per heavy atom. The lowest BCUT2D eigenvalue weighted by molar-refractivity contribution is 0.0835. The van der Waals surface area contributed by atoms with Crippen LogP contribution in [0.5, 0.6) is 0 Å². The molecule has 2 aromatic heterocycles. The topological polar surface area (TPSA) is 48.5 Å². The van der Waals surface area contributed by atoms with Gasteiger partial charge in [0.25, 0.3) is 5.56 Å². The summed E-state index contributed by atoms with van der Waals surface area (Å²) in [6.07, 6.45) is 6.39. The number of rotatable bonds is 4. The number of nitrogens with zero attached hydrogens (tertiary/aromatic N) is 3. The molecule has 0 aliphatic carbocycles. The first-order valence-electron chi connectivity index (χ1n) is 10.5. The van der Waals surface area contributed by atoms with Crippen LogP contribution >= 0.6 is 0 Å². The van der Waals surface area contributed by atoms with Gasteiger partial charge < -0.3 is 9.30 Å². The molecule has 0 unspecified atom stereocenters. The summed E-state index contributed by atoms with van der Waals surface area (Å²) >= 11 is 0. The Kier molecular flexibility index (Phi) is 4.97. The molecule has 0 radical (unpaired) electrons. The summed E-state index contributed by atoms with van der Waals surface area (Å²) in [6.45, 7) is 1.51. The summed E-state index contributed by atoms with van der Waals surface area (Å²) < 4.78 is 9.25. The number of aromatic nitrogens is 3. The number of ether oxygens (including phenoxy) is 1. The predicted octanol–water partition coefficient (Wildman–Crippen LogP) is 4.18. The summed E-state index contributed by atoms with van der Waals surface area (Å²) in [5.41, 5.74) is 5.20. The molecule has 3 heterocycles. The van der Waals surface area contributed by atoms with Gasteiger partial charge in [0.1, 0.15) is 11.3 Å². The second-order valence-corrected chi connectivity index (χ2v) is 7.98. The number of hydrogen-bond acceptors (Lipinski definition) is 3. The summed E-state index contributed by atoms with van der Waals surface area (Å²) in [6, 6.07) is 18.9. The van der Waals surface area contributed by atoms with Crippen LogP contribution in [0.25, 0.3) is 16.6 Å². The van der Waals surface area contributed by atoms with Gasteiger partial charge in [-0.15, -0.1) is 0 Å². The maximum absolute atomic E-state index is 13.0. The van der Waals surface area contributed by atoms with E-state index in [9.17, 15) is 4.79 Å². The molecule has 30 heavy (non-hydrogen) atoms. The zero-order valence-corrected chi connectivity index (χ0v) is 17.1. The summed E-state index contributed by atoms with van der Waals surface area (Å²) in [5, 5.41) is 0. The average Bonchev–Trinajstić information content (AvgIpc) is 3.23. The van der Waals surface area contributed by atoms with Crippen LogP contribution in [-0.2, 0) is 18.2 Å². The molecule has 0 atom stereocenters. The van der Waals surface area contributed by atoms with E-state index in [-0.39, 0.29) is 5.56 Å². The highest BCUT2D eigenvalue weighted by Crippen LogP contribution is 2.26. The molecule has 5 nitrogen and oxygen atoms in total. The van der Waals surface area contributed by atoms with Crippen LogP contribution in [0.2, 0.25) is 0 Å². The number of hydrogen-bond donors (Lipinski definition) is 0. The molecule has 0 N–H and O–H groups in total. The summed E-state index contributed by atoms with van der Waals surface area (Å²) in [7, 11) is 1.84. The normalized spacial score (nSPS) is 15.0. The van der Waals surface area contributed by atoms with Crippen molar-refractivity contribution in [3.63, 3.8) is 0 Å². The fraction of sp³-hybridized carbons (Fsp3) is 0.280. The van der Waals surface area contributed by atoms with Crippen molar-refractivity contribution in [1.82, 2.24) is 14.0 Å². The third kappa shape index (κ3) is 3.46. The maximum Gasteiger partial charge on any atom is 0.276 e. The quantitative estimate of drug-likeness (QED) is 0.517. The Morgan fingerprint density at radius 3 is 2.43 bits per heavy atom. The highest BCUT2D eigenvalue weighted by molar-refractivity contribution is 5.63. The molecule has 2 aromatic carbocycles. The highest BCUT2D eigenvalue weighted by Gasteiger charge is 2.22. The Balaban J connectivity index is 1.48. The summed E-state index contributed by atoms with van der Waals surface area (Å²) in [4.78, 5) is 17.6. The minimum Gasteiger partial charge on any atom is -0.381 e. The van der Waals surface area contributed by atoms with Crippen LogP contribution in [0, 0.1) is 0 Å². The second kappa shape index (κ2) is 7.92. The maximum atomic E-state index is 13.0. The first-order chi connectivity index (χ1) is 14.7. The van der Waals surface area contributed by atoms with E-state index in [2.05, 4.69) is 59.7 Å². The molecular weight excluding hydrogens is 374 g/mol. The molecule has 0 saturated carbocycles. The van der Waals surface area contributed by atoms with Crippen molar-refractivity contribution < 1.29 is 4.74 Å². The number of imidazole rings is 1. The molecule has 152 valence electrons. The molecule has 1 aliphatic heterocycles. The van der Waals surface area contributed by atoms with Gasteiger partial charge in [-0.3, -0.25) is 9.20 Å². The highest BCUT2D eigenvalue weighted by atomic mass is 16.5. The van der Waals surface area contributed by atoms with Crippen molar-refractivity contribution >= 4 is 5.52 Å². The number of benzene rings is 2. The Bertz CT molecular complexity index is 1220. The van der Waals surface area contributed by atoms with Crippen LogP contribution in [-0.4, -0.2) is 27.2 Å². The van der Waals surface area contributed by atoms with E-state index in [1.54, 1.807) is 10.8 Å². The van der Waals surface area contributed by atoms with Gasteiger partial charge in [0, 0.05) is 44.5 Å². The molecule has 5 rings (SSSR count). The van der Waals surface area contributed by atoms with Gasteiger partial charge in [-0.2, -0.15) is 0 Å². The van der Waals surface area contributed by atoms with E-state index in [1.165, 1.54) is 16.7 Å². The van der Waals surface area contributed by atoms with Crippen LogP contribution in [0.4, 0.5) is 0 Å². The molecule has 0 bridgehead atoms. The molecule has 0 amide bonds. The van der Waals surface area contributed by atoms with Crippen molar-refractivity contribution in [3.8, 4) is 11.1 Å². The van der Waals surface area contributed by atoms with E-state index < -0.39 is 0 Å². The molecule has 5 heteroatoms. The van der Waals surface area contributed by atoms with Crippen LogP contribution in [0.3, 0.4) is 0 Å². The molecule has 1 saturated heterocycles. The third-order valence-corrected chi connectivity index (χ3v) is 6.09. The van der Waals surface area contributed by atoms with Crippen LogP contribution in [0.15, 0.2) is 71.8 Å². The predicted molar refractivity (Wildman–Crippen MR) is 118 cm³/mol. The standard InChI is InChI=1S/C25H25N3O2/c1-27-22(15-18-7-9-20(10-8-18)19-5-3-2-4-6-19)17-28-23(25(27)29)16-26-24(28)21-11-13-30-14-12-21/h2-10,16-17,21H,11-15H2,1H3. The zero-order chi connectivity index (χ0) is 20.5. The van der Waals surface area contributed by atoms with E-state index in [0.717, 1.165) is 37.6 Å². The van der Waals surface area contributed by atoms with Crippen molar-refractivity contribution in [1.29, 1.82) is 0 Å². The minimum atomic E-state index is -0.000727. The van der Waals surface area contributed by atoms with Crippen molar-refractivity contribution in [2.75, 3.05) is 13.2 Å². The SMILES string of the molecule is Cn1c(Cc2ccc(-c3ccccc3)cc2)cn2c(C3CCOCC3)ncc2c1=O. The van der Waals surface area contributed by atoms with E-state index in [1.807, 2.05) is 17.5 Å². The third-order valence-electron chi connectivity index (χ3n) is 6.09. The van der Waals surface area contributed by atoms with Gasteiger partial charge in [-0.25, -0.2) is 4.98 Å². The van der Waals surface area contributed by atoms with Crippen molar-refractivity contribution in [3.05, 3.63) is 94.4 Å². The molecule has 4 aromatic rings. The first kappa shape index (κ1) is 18.8. The smallest absolute Gasteiger partial charge is 0.276 e. The summed E-state index contributed by atoms with van der Waals surface area (Å²) in [5.74, 6) is 1.32. The van der Waals surface area contributed by atoms with Crippen molar-refractivity contribution in [2.24, 2.45) is 7.05 Å². The average molecular weight is 399 g/mol. The van der Waals surface area contributed by atoms with E-state index >= 15 is 0 Å². The van der Waals surface area contributed by atoms with Crippen LogP contribution < -0.4 is 5.56 Å². The lowest BCUT2D eigenvalue weighted by Gasteiger charge is -2.21. The largest absolute Gasteiger partial charge is 0.381 e. The number of fused-ring (bicyclic) bond motifs is 1. The monoisotopic (exact) mass is 399 g/mol. The fourth-order valence-corrected chi connectivity index (χ4v) is 4.28. The minimum absolute atomic E-state index is 0.000727. The van der Waals surface area contributed by atoms with Gasteiger partial charge >= 0.3 is 0 Å². The zero-order valence-electron chi connectivity index (χ0n) is 17.1. The lowest BCUT2D eigenvalue weighted by Crippen LogP contribution is -2.24. The second-order valence-electron chi connectivity index (χ2n) is 7.98. The first-order valence-corrected chi connectivity index (χ1v) is 10.5. The Labute approximate surface area is 175 Å². The van der Waals surface area contributed by atoms with Gasteiger partial charge in [0.2, 0.25) is 0 Å². The Hall–Kier alpha value is -3.18. The van der Waals surface area contributed by atoms with E-state index in [4.69, 9.17) is 4.74 Å². The molecule has 0 spiro atoms. The van der Waals surface area contributed by atoms with Gasteiger partial charge in [0.05, 0.1) is 6.20 Å². The molecule has 1 fully saturated rings. The van der Waals surface area contributed by atoms with Crippen LogP contribution in [0.1, 0.15) is 35.8 Å². The van der Waals surface area contributed by atoms with Crippen molar-refractivity contribution in [2.45, 2.75) is 25.2 Å². The molecular formula is C25H25N3O2. The Morgan fingerprint density at radius 1 is 1.00 bits per heavy atom. The van der Waals surface area contributed by atoms with Gasteiger partial charge in [-0.05, 0) is 29.5 Å². The van der Waals surface area contributed by atoms with Gasteiger partial charge in [-0.1, -0.05) is 54.6 Å². The van der Waals surface area contributed by atoms with Gasteiger partial charge in [0.15, 0.2) is 0 Å². The lowest BCUT2D eigenvalue weighted by atomic mass is 9.99. The molecule has 1 aliphatic rings. The fourth-order valence-electron chi connectivity index (χ4n) is 4.28. The van der Waals surface area contributed by atoms with E-state index in [0.29, 0.717) is 17.9 Å².